The highest BCUT2D eigenvalue weighted by molar-refractivity contribution is 6.33. The van der Waals surface area contributed by atoms with Crippen molar-refractivity contribution in [1.82, 2.24) is 9.38 Å². The van der Waals surface area contributed by atoms with Gasteiger partial charge in [0, 0.05) is 16.8 Å². The van der Waals surface area contributed by atoms with Crippen molar-refractivity contribution in [3.8, 4) is 11.4 Å². The van der Waals surface area contributed by atoms with Crippen LogP contribution in [0.25, 0.3) is 16.9 Å². The molecule has 0 spiro atoms. The van der Waals surface area contributed by atoms with E-state index < -0.39 is 5.97 Å². The molecule has 3 rings (SSSR count). The first kappa shape index (κ1) is 13.0. The number of rotatable bonds is 2. The molecule has 2 aromatic heterocycles. The van der Waals surface area contributed by atoms with E-state index in [-0.39, 0.29) is 10.7 Å². The fraction of sp³-hybridized carbons (Fsp3) is 0. The summed E-state index contributed by atoms with van der Waals surface area (Å²) >= 11 is 12.1. The molecule has 0 amide bonds. The molecule has 1 aromatic carbocycles. The number of carboxylic acids is 1. The van der Waals surface area contributed by atoms with Crippen LogP contribution in [-0.2, 0) is 0 Å². The summed E-state index contributed by atoms with van der Waals surface area (Å²) in [4.78, 5) is 15.3. The molecule has 0 radical (unpaired) electrons. The molecule has 0 atom stereocenters. The fourth-order valence-corrected chi connectivity index (χ4v) is 2.43. The van der Waals surface area contributed by atoms with E-state index >= 15 is 0 Å². The highest BCUT2D eigenvalue weighted by Crippen LogP contribution is 2.27. The fourth-order valence-electron chi connectivity index (χ4n) is 2.01. The predicted octanol–water partition coefficient (Wildman–Crippen LogP) is 4.01. The van der Waals surface area contributed by atoms with E-state index in [2.05, 4.69) is 4.98 Å². The zero-order chi connectivity index (χ0) is 14.3. The van der Waals surface area contributed by atoms with Crippen LogP contribution in [-0.4, -0.2) is 20.5 Å². The van der Waals surface area contributed by atoms with Gasteiger partial charge in [-0.1, -0.05) is 35.3 Å². The summed E-state index contributed by atoms with van der Waals surface area (Å²) in [5.41, 5.74) is 1.51. The lowest BCUT2D eigenvalue weighted by Gasteiger charge is -2.02. The number of carbonyl (C=O) groups is 1. The van der Waals surface area contributed by atoms with Crippen molar-refractivity contribution in [1.29, 1.82) is 0 Å². The second kappa shape index (κ2) is 4.81. The van der Waals surface area contributed by atoms with E-state index in [1.807, 2.05) is 12.1 Å². The maximum atomic E-state index is 11.0. The van der Waals surface area contributed by atoms with Crippen LogP contribution in [0.15, 0.2) is 42.6 Å². The number of hydrogen-bond donors (Lipinski definition) is 1. The van der Waals surface area contributed by atoms with E-state index in [9.17, 15) is 4.79 Å². The van der Waals surface area contributed by atoms with Crippen molar-refractivity contribution in [3.63, 3.8) is 0 Å². The second-order valence-electron chi connectivity index (χ2n) is 4.21. The third-order valence-electron chi connectivity index (χ3n) is 2.93. The minimum absolute atomic E-state index is 0.164. The van der Waals surface area contributed by atoms with Crippen molar-refractivity contribution in [2.24, 2.45) is 0 Å². The van der Waals surface area contributed by atoms with Crippen LogP contribution in [0.3, 0.4) is 0 Å². The molecular weight excluding hydrogens is 299 g/mol. The predicted molar refractivity (Wildman–Crippen MR) is 77.6 cm³/mol. The Bertz CT molecular complexity index is 827. The van der Waals surface area contributed by atoms with Crippen LogP contribution in [0.4, 0.5) is 0 Å². The highest BCUT2D eigenvalue weighted by Gasteiger charge is 2.13. The van der Waals surface area contributed by atoms with E-state index in [1.54, 1.807) is 22.7 Å². The summed E-state index contributed by atoms with van der Waals surface area (Å²) in [6.07, 6.45) is 1.63. The Hall–Kier alpha value is -2.04. The number of carboxylic acid groups (broad SMARTS) is 1. The largest absolute Gasteiger partial charge is 0.478 e. The van der Waals surface area contributed by atoms with Crippen LogP contribution in [0.2, 0.25) is 10.2 Å². The molecule has 20 heavy (non-hydrogen) atoms. The zero-order valence-electron chi connectivity index (χ0n) is 10.0. The lowest BCUT2D eigenvalue weighted by molar-refractivity contribution is 0.0697. The summed E-state index contributed by atoms with van der Waals surface area (Å²) in [7, 11) is 0. The summed E-state index contributed by atoms with van der Waals surface area (Å²) in [5, 5.41) is 9.85. The van der Waals surface area contributed by atoms with Gasteiger partial charge in [-0.25, -0.2) is 9.78 Å². The first-order valence-electron chi connectivity index (χ1n) is 5.73. The Labute approximate surface area is 124 Å². The van der Waals surface area contributed by atoms with Crippen molar-refractivity contribution in [2.75, 3.05) is 0 Å². The number of benzene rings is 1. The average Bonchev–Trinajstić information content (AvgIpc) is 2.76. The molecule has 6 heteroatoms. The van der Waals surface area contributed by atoms with E-state index in [4.69, 9.17) is 28.3 Å². The standard InChI is InChI=1S/C14H8Cl2N2O2/c15-10-3-1-2-8(6-10)13-17-12(16)11-7-9(14(19)20)4-5-18(11)13/h1-7H,(H,19,20). The molecule has 100 valence electrons. The molecule has 3 aromatic rings. The Morgan fingerprint density at radius 1 is 1.20 bits per heavy atom. The Morgan fingerprint density at radius 3 is 2.70 bits per heavy atom. The first-order valence-corrected chi connectivity index (χ1v) is 6.48. The second-order valence-corrected chi connectivity index (χ2v) is 5.01. The maximum absolute atomic E-state index is 11.0. The van der Waals surface area contributed by atoms with E-state index in [0.29, 0.717) is 16.4 Å². The third-order valence-corrected chi connectivity index (χ3v) is 3.44. The van der Waals surface area contributed by atoms with Gasteiger partial charge in [0.25, 0.3) is 0 Å². The first-order chi connectivity index (χ1) is 9.56. The van der Waals surface area contributed by atoms with Gasteiger partial charge in [-0.05, 0) is 24.3 Å². The number of fused-ring (bicyclic) bond motifs is 1. The Balaban J connectivity index is 2.25. The highest BCUT2D eigenvalue weighted by atomic mass is 35.5. The monoisotopic (exact) mass is 306 g/mol. The van der Waals surface area contributed by atoms with Crippen molar-refractivity contribution in [3.05, 3.63) is 58.3 Å². The van der Waals surface area contributed by atoms with Gasteiger partial charge in [0.1, 0.15) is 5.82 Å². The number of aromatic carboxylic acids is 1. The molecule has 1 N–H and O–H groups in total. The van der Waals surface area contributed by atoms with Gasteiger partial charge in [0.2, 0.25) is 0 Å². The molecule has 4 nitrogen and oxygen atoms in total. The molecule has 0 saturated heterocycles. The van der Waals surface area contributed by atoms with Crippen LogP contribution in [0.5, 0.6) is 0 Å². The lowest BCUT2D eigenvalue weighted by Crippen LogP contribution is -1.98. The molecule has 0 bridgehead atoms. The van der Waals surface area contributed by atoms with Crippen molar-refractivity contribution in [2.45, 2.75) is 0 Å². The van der Waals surface area contributed by atoms with Gasteiger partial charge in [0.15, 0.2) is 5.15 Å². The van der Waals surface area contributed by atoms with Crippen LogP contribution in [0, 0.1) is 0 Å². The van der Waals surface area contributed by atoms with Crippen LogP contribution in [0.1, 0.15) is 10.4 Å². The number of halogens is 2. The summed E-state index contributed by atoms with van der Waals surface area (Å²) in [6.45, 7) is 0. The minimum atomic E-state index is -1.01. The van der Waals surface area contributed by atoms with Gasteiger partial charge < -0.3 is 5.11 Å². The maximum Gasteiger partial charge on any atom is 0.335 e. The molecule has 0 fully saturated rings. The van der Waals surface area contributed by atoms with Crippen LogP contribution < -0.4 is 0 Å². The third kappa shape index (κ3) is 2.13. The summed E-state index contributed by atoms with van der Waals surface area (Å²) in [6, 6.07) is 10.2. The number of imidazole rings is 1. The summed E-state index contributed by atoms with van der Waals surface area (Å²) < 4.78 is 1.74. The van der Waals surface area contributed by atoms with Gasteiger partial charge in [0.05, 0.1) is 11.1 Å². The molecule has 0 aliphatic carbocycles. The molecule has 0 unspecified atom stereocenters. The number of hydrogen-bond acceptors (Lipinski definition) is 2. The normalized spacial score (nSPS) is 10.9. The molecule has 0 aliphatic heterocycles. The van der Waals surface area contributed by atoms with E-state index in [1.165, 1.54) is 12.1 Å². The summed E-state index contributed by atoms with van der Waals surface area (Å²) in [5.74, 6) is -0.390. The van der Waals surface area contributed by atoms with Crippen molar-refractivity contribution < 1.29 is 9.90 Å². The number of pyridine rings is 1. The minimum Gasteiger partial charge on any atom is -0.478 e. The van der Waals surface area contributed by atoms with Gasteiger partial charge in [-0.15, -0.1) is 0 Å². The molecule has 0 saturated carbocycles. The lowest BCUT2D eigenvalue weighted by atomic mass is 10.2. The van der Waals surface area contributed by atoms with Gasteiger partial charge >= 0.3 is 5.97 Å². The Morgan fingerprint density at radius 2 is 2.00 bits per heavy atom. The molecule has 0 aliphatic rings. The quantitative estimate of drug-likeness (QED) is 0.778. The SMILES string of the molecule is O=C(O)c1ccn2c(-c3cccc(Cl)c3)nc(Cl)c2c1. The topological polar surface area (TPSA) is 54.6 Å². The van der Waals surface area contributed by atoms with Crippen molar-refractivity contribution >= 4 is 34.7 Å². The van der Waals surface area contributed by atoms with Crippen LogP contribution >= 0.6 is 23.2 Å². The smallest absolute Gasteiger partial charge is 0.335 e. The number of nitrogens with zero attached hydrogens (tertiary/aromatic N) is 2. The molecular formula is C14H8Cl2N2O2. The number of aromatic nitrogens is 2. The molecule has 2 heterocycles. The van der Waals surface area contributed by atoms with E-state index in [0.717, 1.165) is 5.56 Å². The average molecular weight is 307 g/mol. The van der Waals surface area contributed by atoms with Gasteiger partial charge in [-0.2, -0.15) is 0 Å². The zero-order valence-corrected chi connectivity index (χ0v) is 11.6. The van der Waals surface area contributed by atoms with Gasteiger partial charge in [-0.3, -0.25) is 4.40 Å². The Kier molecular flexibility index (Phi) is 3.12.